The minimum atomic E-state index is -1.04. The fourth-order valence-corrected chi connectivity index (χ4v) is 2.89. The van der Waals surface area contributed by atoms with Crippen molar-refractivity contribution in [3.63, 3.8) is 0 Å². The highest BCUT2D eigenvalue weighted by Gasteiger charge is 2.28. The molecule has 0 aliphatic carbocycles. The van der Waals surface area contributed by atoms with Crippen molar-refractivity contribution < 1.29 is 14.3 Å². The molecule has 3 aromatic rings. The van der Waals surface area contributed by atoms with Crippen molar-refractivity contribution in [2.75, 3.05) is 6.61 Å². The molecule has 0 saturated heterocycles. The Bertz CT molecular complexity index is 980. The molecular formula is C23H33N5O3. The van der Waals surface area contributed by atoms with Crippen LogP contribution >= 0.6 is 0 Å². The molecule has 1 aromatic carbocycles. The Morgan fingerprint density at radius 1 is 1.16 bits per heavy atom. The van der Waals surface area contributed by atoms with Gasteiger partial charge in [0.1, 0.15) is 6.04 Å². The van der Waals surface area contributed by atoms with Crippen LogP contribution in [0.2, 0.25) is 0 Å². The summed E-state index contributed by atoms with van der Waals surface area (Å²) >= 11 is 0. The van der Waals surface area contributed by atoms with E-state index in [-0.39, 0.29) is 26.0 Å². The van der Waals surface area contributed by atoms with Gasteiger partial charge in [0.25, 0.3) is 0 Å². The average molecular weight is 428 g/mol. The van der Waals surface area contributed by atoms with Crippen LogP contribution in [0.3, 0.4) is 0 Å². The van der Waals surface area contributed by atoms with E-state index in [9.17, 15) is 4.79 Å². The van der Waals surface area contributed by atoms with E-state index >= 15 is 0 Å². The topological polar surface area (TPSA) is 104 Å². The normalized spacial score (nSPS) is 12.5. The number of hydrogen-bond donors (Lipinski definition) is 2. The summed E-state index contributed by atoms with van der Waals surface area (Å²) < 4.78 is 13.5. The lowest BCUT2D eigenvalue weighted by Gasteiger charge is -2.23. The molecule has 0 fully saturated rings. The SMILES string of the molecule is C.CC(C)Oc1cccn2c([C@@H](COCc3ccccc3)NC(=O)C(C)(C)N)nnc12. The second kappa shape index (κ2) is 10.4. The van der Waals surface area contributed by atoms with Crippen LogP contribution in [0.15, 0.2) is 48.7 Å². The fraction of sp³-hybridized carbons (Fsp3) is 0.435. The third-order valence-corrected chi connectivity index (χ3v) is 4.39. The average Bonchev–Trinajstić information content (AvgIpc) is 3.12. The number of nitrogens with one attached hydrogen (secondary N) is 1. The van der Waals surface area contributed by atoms with Crippen LogP contribution < -0.4 is 15.8 Å². The Labute approximate surface area is 183 Å². The number of nitrogens with two attached hydrogens (primary N) is 1. The lowest BCUT2D eigenvalue weighted by atomic mass is 10.1. The second-order valence-corrected chi connectivity index (χ2v) is 8.04. The van der Waals surface area contributed by atoms with Gasteiger partial charge in [-0.2, -0.15) is 0 Å². The molecule has 3 N–H and O–H groups in total. The van der Waals surface area contributed by atoms with Gasteiger partial charge >= 0.3 is 0 Å². The lowest BCUT2D eigenvalue weighted by molar-refractivity contribution is -0.126. The molecule has 8 heteroatoms. The number of nitrogens with zero attached hydrogens (tertiary/aromatic N) is 3. The molecule has 0 bridgehead atoms. The molecule has 3 rings (SSSR count). The smallest absolute Gasteiger partial charge is 0.240 e. The zero-order chi connectivity index (χ0) is 21.7. The van der Waals surface area contributed by atoms with Crippen LogP contribution in [0.5, 0.6) is 5.75 Å². The minimum Gasteiger partial charge on any atom is -0.487 e. The number of carbonyl (C=O) groups is 1. The second-order valence-electron chi connectivity index (χ2n) is 8.04. The molecule has 31 heavy (non-hydrogen) atoms. The third-order valence-electron chi connectivity index (χ3n) is 4.39. The van der Waals surface area contributed by atoms with Crippen LogP contribution in [-0.2, 0) is 16.1 Å². The largest absolute Gasteiger partial charge is 0.487 e. The zero-order valence-corrected chi connectivity index (χ0v) is 17.8. The highest BCUT2D eigenvalue weighted by molar-refractivity contribution is 5.85. The monoisotopic (exact) mass is 427 g/mol. The van der Waals surface area contributed by atoms with Gasteiger partial charge in [0.05, 0.1) is 24.9 Å². The first-order valence-corrected chi connectivity index (χ1v) is 9.97. The van der Waals surface area contributed by atoms with Gasteiger partial charge in [0, 0.05) is 6.20 Å². The lowest BCUT2D eigenvalue weighted by Crippen LogP contribution is -2.50. The maximum atomic E-state index is 12.6. The quantitative estimate of drug-likeness (QED) is 0.543. The summed E-state index contributed by atoms with van der Waals surface area (Å²) in [7, 11) is 0. The summed E-state index contributed by atoms with van der Waals surface area (Å²) in [4.78, 5) is 12.6. The summed E-state index contributed by atoms with van der Waals surface area (Å²) in [5.74, 6) is 0.868. The van der Waals surface area contributed by atoms with Crippen LogP contribution in [0.25, 0.3) is 5.65 Å². The van der Waals surface area contributed by atoms with E-state index in [1.165, 1.54) is 0 Å². The number of pyridine rings is 1. The third kappa shape index (κ3) is 6.26. The van der Waals surface area contributed by atoms with Gasteiger partial charge in [0.15, 0.2) is 11.6 Å². The number of ether oxygens (including phenoxy) is 2. The van der Waals surface area contributed by atoms with Crippen molar-refractivity contribution >= 4 is 11.6 Å². The Morgan fingerprint density at radius 3 is 2.52 bits per heavy atom. The number of benzene rings is 1. The molecule has 1 atom stereocenters. The van der Waals surface area contributed by atoms with E-state index in [1.807, 2.05) is 62.5 Å². The standard InChI is InChI=1S/C22H29N5O3.CH4/c1-15(2)30-18-11-8-12-27-19(25-26-20(18)27)17(24-21(28)22(3,4)23)14-29-13-16-9-6-5-7-10-16;/h5-12,15,17H,13-14,23H2,1-4H3,(H,24,28);1H4/t17-;/m1./s1. The van der Waals surface area contributed by atoms with Gasteiger partial charge in [-0.15, -0.1) is 10.2 Å². The summed E-state index contributed by atoms with van der Waals surface area (Å²) in [5, 5.41) is 11.5. The molecule has 8 nitrogen and oxygen atoms in total. The van der Waals surface area contributed by atoms with Crippen molar-refractivity contribution in [2.24, 2.45) is 5.73 Å². The van der Waals surface area contributed by atoms with Crippen molar-refractivity contribution in [3.05, 3.63) is 60.0 Å². The van der Waals surface area contributed by atoms with Gasteiger partial charge in [-0.1, -0.05) is 37.8 Å². The first kappa shape index (κ1) is 24.3. The number of carbonyl (C=O) groups excluding carboxylic acids is 1. The molecule has 2 heterocycles. The predicted octanol–water partition coefficient (Wildman–Crippen LogP) is 3.26. The van der Waals surface area contributed by atoms with Crippen molar-refractivity contribution in [1.82, 2.24) is 19.9 Å². The maximum Gasteiger partial charge on any atom is 0.240 e. The highest BCUT2D eigenvalue weighted by atomic mass is 16.5. The molecule has 0 radical (unpaired) electrons. The minimum absolute atomic E-state index is 0. The van der Waals surface area contributed by atoms with E-state index in [2.05, 4.69) is 15.5 Å². The van der Waals surface area contributed by atoms with Crippen molar-refractivity contribution in [3.8, 4) is 5.75 Å². The molecule has 2 aromatic heterocycles. The number of rotatable bonds is 9. The number of fused-ring (bicyclic) bond motifs is 1. The van der Waals surface area contributed by atoms with E-state index < -0.39 is 11.6 Å². The van der Waals surface area contributed by atoms with Gasteiger partial charge in [-0.25, -0.2) is 0 Å². The van der Waals surface area contributed by atoms with E-state index in [4.69, 9.17) is 15.2 Å². The van der Waals surface area contributed by atoms with Gasteiger partial charge < -0.3 is 20.5 Å². The molecular weight excluding hydrogens is 394 g/mol. The van der Waals surface area contributed by atoms with Crippen LogP contribution in [0, 0.1) is 0 Å². The molecule has 0 spiro atoms. The van der Waals surface area contributed by atoms with E-state index in [0.717, 1.165) is 5.56 Å². The predicted molar refractivity (Wildman–Crippen MR) is 121 cm³/mol. The maximum absolute atomic E-state index is 12.6. The number of hydrogen-bond acceptors (Lipinski definition) is 6. The Hall–Kier alpha value is -2.97. The molecule has 0 aliphatic rings. The Morgan fingerprint density at radius 2 is 1.87 bits per heavy atom. The molecule has 1 amide bonds. The first-order chi connectivity index (χ1) is 14.3. The Balaban J connectivity index is 0.00000341. The Kier molecular flexibility index (Phi) is 8.13. The van der Waals surface area contributed by atoms with Crippen LogP contribution in [0.4, 0.5) is 0 Å². The van der Waals surface area contributed by atoms with Gasteiger partial charge in [0.2, 0.25) is 11.6 Å². The van der Waals surface area contributed by atoms with Crippen LogP contribution in [-0.4, -0.2) is 38.8 Å². The first-order valence-electron chi connectivity index (χ1n) is 9.97. The number of aromatic nitrogens is 3. The zero-order valence-electron chi connectivity index (χ0n) is 17.8. The van der Waals surface area contributed by atoms with Gasteiger partial charge in [-0.3, -0.25) is 9.20 Å². The van der Waals surface area contributed by atoms with Crippen molar-refractivity contribution in [2.45, 2.75) is 59.4 Å². The van der Waals surface area contributed by atoms with E-state index in [0.29, 0.717) is 23.8 Å². The summed E-state index contributed by atoms with van der Waals surface area (Å²) in [6.45, 7) is 7.83. The molecule has 168 valence electrons. The summed E-state index contributed by atoms with van der Waals surface area (Å²) in [6.07, 6.45) is 1.83. The van der Waals surface area contributed by atoms with Crippen molar-refractivity contribution in [1.29, 1.82) is 0 Å². The van der Waals surface area contributed by atoms with Gasteiger partial charge in [-0.05, 0) is 45.4 Å². The van der Waals surface area contributed by atoms with E-state index in [1.54, 1.807) is 18.2 Å². The number of amides is 1. The summed E-state index contributed by atoms with van der Waals surface area (Å²) in [6, 6.07) is 13.0. The van der Waals surface area contributed by atoms with Crippen LogP contribution in [0.1, 0.15) is 52.6 Å². The molecule has 0 aliphatic heterocycles. The highest BCUT2D eigenvalue weighted by Crippen LogP contribution is 2.23. The molecule has 0 unspecified atom stereocenters. The summed E-state index contributed by atoms with van der Waals surface area (Å²) in [5.41, 5.74) is 6.56. The fourth-order valence-electron chi connectivity index (χ4n) is 2.89. The molecule has 0 saturated carbocycles.